The van der Waals surface area contributed by atoms with Gasteiger partial charge in [0.25, 0.3) is 0 Å². The number of hydrogen-bond acceptors (Lipinski definition) is 3. The molecule has 4 nitrogen and oxygen atoms in total. The first kappa shape index (κ1) is 16.4. The van der Waals surface area contributed by atoms with Crippen LogP contribution >= 0.6 is 0 Å². The Morgan fingerprint density at radius 2 is 2.21 bits per heavy atom. The molecule has 1 aliphatic rings. The van der Waals surface area contributed by atoms with Crippen LogP contribution in [0.3, 0.4) is 0 Å². The van der Waals surface area contributed by atoms with Crippen molar-refractivity contribution in [3.63, 3.8) is 0 Å². The molecule has 2 atom stereocenters. The average molecular weight is 325 g/mol. The third kappa shape index (κ3) is 4.51. The summed E-state index contributed by atoms with van der Waals surface area (Å²) in [6.45, 7) is 5.13. The van der Waals surface area contributed by atoms with E-state index < -0.39 is 0 Å². The summed E-state index contributed by atoms with van der Waals surface area (Å²) in [5.74, 6) is 3.67. The molecule has 1 aromatic carbocycles. The number of rotatable bonds is 7. The van der Waals surface area contributed by atoms with Crippen LogP contribution in [0.4, 0.5) is 0 Å². The topological polar surface area (TPSA) is 51.5 Å². The second kappa shape index (κ2) is 7.39. The van der Waals surface area contributed by atoms with Gasteiger partial charge in [0.1, 0.15) is 23.9 Å². The fraction of sp³-hybridized carbons (Fsp3) is 0.350. The molecule has 2 aromatic rings. The van der Waals surface area contributed by atoms with E-state index >= 15 is 0 Å². The van der Waals surface area contributed by atoms with Gasteiger partial charge < -0.3 is 14.5 Å². The normalized spacial score (nSPS) is 19.4. The minimum absolute atomic E-state index is 0.152. The molecule has 24 heavy (non-hydrogen) atoms. The van der Waals surface area contributed by atoms with E-state index in [1.54, 1.807) is 6.08 Å². The lowest BCUT2D eigenvalue weighted by molar-refractivity contribution is -0.116. The number of benzene rings is 1. The van der Waals surface area contributed by atoms with E-state index in [9.17, 15) is 4.79 Å². The molecule has 0 aliphatic heterocycles. The molecule has 1 N–H and O–H groups in total. The van der Waals surface area contributed by atoms with Crippen molar-refractivity contribution in [3.8, 4) is 5.75 Å². The predicted molar refractivity (Wildman–Crippen MR) is 93.9 cm³/mol. The summed E-state index contributed by atoms with van der Waals surface area (Å²) in [6, 6.07) is 11.8. The van der Waals surface area contributed by atoms with Crippen LogP contribution in [0.2, 0.25) is 0 Å². The second-order valence-corrected chi connectivity index (χ2v) is 6.35. The Bertz CT molecular complexity index is 732. The van der Waals surface area contributed by atoms with Gasteiger partial charge >= 0.3 is 0 Å². The zero-order valence-corrected chi connectivity index (χ0v) is 14.1. The monoisotopic (exact) mass is 325 g/mol. The van der Waals surface area contributed by atoms with Crippen LogP contribution in [0.25, 0.3) is 6.08 Å². The van der Waals surface area contributed by atoms with E-state index in [1.807, 2.05) is 43.3 Å². The van der Waals surface area contributed by atoms with E-state index in [2.05, 4.69) is 12.2 Å². The van der Waals surface area contributed by atoms with Crippen LogP contribution in [-0.4, -0.2) is 19.1 Å². The lowest BCUT2D eigenvalue weighted by Crippen LogP contribution is -2.26. The predicted octanol–water partition coefficient (Wildman–Crippen LogP) is 3.92. The van der Waals surface area contributed by atoms with Gasteiger partial charge in [-0.3, -0.25) is 4.79 Å². The minimum atomic E-state index is -0.152. The SMILES string of the molecule is Cc1cccc(OCCNC(=O)/C=C/c2ccc(C3CC3C)o2)c1. The number of nitrogens with one attached hydrogen (secondary N) is 1. The third-order valence-corrected chi connectivity index (χ3v) is 4.18. The van der Waals surface area contributed by atoms with Gasteiger partial charge in [-0.1, -0.05) is 19.1 Å². The Morgan fingerprint density at radius 3 is 2.96 bits per heavy atom. The largest absolute Gasteiger partial charge is 0.492 e. The highest BCUT2D eigenvalue weighted by atomic mass is 16.5. The first-order valence-corrected chi connectivity index (χ1v) is 8.37. The number of furan rings is 1. The number of carbonyl (C=O) groups is 1. The smallest absolute Gasteiger partial charge is 0.244 e. The highest BCUT2D eigenvalue weighted by molar-refractivity contribution is 5.91. The standard InChI is InChI=1S/C20H23NO3/c1-14-4-3-5-17(12-14)23-11-10-21-20(22)9-7-16-6-8-19(24-16)18-13-15(18)2/h3-9,12,15,18H,10-11,13H2,1-2H3,(H,21,22)/b9-7+. The molecular weight excluding hydrogens is 302 g/mol. The fourth-order valence-electron chi connectivity index (χ4n) is 2.64. The summed E-state index contributed by atoms with van der Waals surface area (Å²) in [4.78, 5) is 11.8. The van der Waals surface area contributed by atoms with Gasteiger partial charge in [0.2, 0.25) is 5.91 Å². The summed E-state index contributed by atoms with van der Waals surface area (Å²) in [7, 11) is 0. The quantitative estimate of drug-likeness (QED) is 0.620. The Labute approximate surface area is 142 Å². The maximum atomic E-state index is 11.8. The molecule has 1 aromatic heterocycles. The van der Waals surface area contributed by atoms with Crippen molar-refractivity contribution in [3.05, 3.63) is 59.6 Å². The van der Waals surface area contributed by atoms with Crippen molar-refractivity contribution in [1.29, 1.82) is 0 Å². The third-order valence-electron chi connectivity index (χ3n) is 4.18. The molecule has 0 radical (unpaired) electrons. The van der Waals surface area contributed by atoms with Crippen molar-refractivity contribution in [2.24, 2.45) is 5.92 Å². The molecule has 1 fully saturated rings. The lowest BCUT2D eigenvalue weighted by atomic mass is 10.2. The molecule has 126 valence electrons. The van der Waals surface area contributed by atoms with Crippen molar-refractivity contribution in [1.82, 2.24) is 5.32 Å². The number of amides is 1. The van der Waals surface area contributed by atoms with Gasteiger partial charge in [-0.15, -0.1) is 0 Å². The maximum Gasteiger partial charge on any atom is 0.244 e. The molecule has 0 saturated heterocycles. The lowest BCUT2D eigenvalue weighted by Gasteiger charge is -2.07. The first-order valence-electron chi connectivity index (χ1n) is 8.37. The van der Waals surface area contributed by atoms with Gasteiger partial charge in [-0.2, -0.15) is 0 Å². The molecule has 0 bridgehead atoms. The van der Waals surface area contributed by atoms with Crippen molar-refractivity contribution in [2.75, 3.05) is 13.2 Å². The molecular formula is C20H23NO3. The zero-order chi connectivity index (χ0) is 16.9. The Kier molecular flexibility index (Phi) is 5.04. The molecule has 1 aliphatic carbocycles. The Balaban J connectivity index is 1.38. The first-order chi connectivity index (χ1) is 11.6. The van der Waals surface area contributed by atoms with Gasteiger partial charge in [0, 0.05) is 12.0 Å². The molecule has 4 heteroatoms. The molecule has 1 saturated carbocycles. The van der Waals surface area contributed by atoms with Gasteiger partial charge in [-0.05, 0) is 55.2 Å². The van der Waals surface area contributed by atoms with Crippen molar-refractivity contribution >= 4 is 12.0 Å². The van der Waals surface area contributed by atoms with Crippen molar-refractivity contribution < 1.29 is 13.9 Å². The van der Waals surface area contributed by atoms with Crippen LogP contribution in [0.1, 0.15) is 36.3 Å². The summed E-state index contributed by atoms with van der Waals surface area (Å²) in [5, 5.41) is 2.79. The van der Waals surface area contributed by atoms with Crippen LogP contribution in [0.15, 0.2) is 46.9 Å². The number of ether oxygens (including phenoxy) is 1. The Morgan fingerprint density at radius 1 is 1.38 bits per heavy atom. The van der Waals surface area contributed by atoms with E-state index in [4.69, 9.17) is 9.15 Å². The van der Waals surface area contributed by atoms with E-state index in [0.29, 0.717) is 25.0 Å². The van der Waals surface area contributed by atoms with Crippen LogP contribution in [0, 0.1) is 12.8 Å². The molecule has 1 amide bonds. The van der Waals surface area contributed by atoms with Crippen LogP contribution in [0.5, 0.6) is 5.75 Å². The number of aryl methyl sites for hydroxylation is 1. The summed E-state index contributed by atoms with van der Waals surface area (Å²) in [6.07, 6.45) is 4.39. The summed E-state index contributed by atoms with van der Waals surface area (Å²) >= 11 is 0. The number of hydrogen-bond donors (Lipinski definition) is 1. The highest BCUT2D eigenvalue weighted by Gasteiger charge is 2.36. The maximum absolute atomic E-state index is 11.8. The second-order valence-electron chi connectivity index (χ2n) is 6.35. The Hall–Kier alpha value is -2.49. The summed E-state index contributed by atoms with van der Waals surface area (Å²) < 4.78 is 11.3. The average Bonchev–Trinajstić information content (AvgIpc) is 3.10. The van der Waals surface area contributed by atoms with Gasteiger partial charge in [0.15, 0.2) is 0 Å². The van der Waals surface area contributed by atoms with Crippen LogP contribution < -0.4 is 10.1 Å². The zero-order valence-electron chi connectivity index (χ0n) is 14.1. The molecule has 2 unspecified atom stereocenters. The van der Waals surface area contributed by atoms with Crippen molar-refractivity contribution in [2.45, 2.75) is 26.2 Å². The van der Waals surface area contributed by atoms with E-state index in [-0.39, 0.29) is 5.91 Å². The van der Waals surface area contributed by atoms with Gasteiger partial charge in [0.05, 0.1) is 6.54 Å². The molecule has 3 rings (SSSR count). The van der Waals surface area contributed by atoms with E-state index in [1.165, 1.54) is 12.5 Å². The van der Waals surface area contributed by atoms with E-state index in [0.717, 1.165) is 22.8 Å². The summed E-state index contributed by atoms with van der Waals surface area (Å²) in [5.41, 5.74) is 1.15. The molecule has 1 heterocycles. The number of carbonyl (C=O) groups excluding carboxylic acids is 1. The van der Waals surface area contributed by atoms with Gasteiger partial charge in [-0.25, -0.2) is 0 Å². The minimum Gasteiger partial charge on any atom is -0.492 e. The van der Waals surface area contributed by atoms with Crippen LogP contribution in [-0.2, 0) is 4.79 Å². The highest BCUT2D eigenvalue weighted by Crippen LogP contribution is 2.47. The molecule has 0 spiro atoms. The fourth-order valence-corrected chi connectivity index (χ4v) is 2.64.